The van der Waals surface area contributed by atoms with Crippen LogP contribution in [0.5, 0.6) is 0 Å². The highest BCUT2D eigenvalue weighted by Gasteiger charge is 2.30. The Balaban J connectivity index is 1.52. The van der Waals surface area contributed by atoms with E-state index in [4.69, 9.17) is 21.4 Å². The molecular formula is C17H28ClNO2. The van der Waals surface area contributed by atoms with Crippen molar-refractivity contribution in [2.75, 3.05) is 13.2 Å². The van der Waals surface area contributed by atoms with Crippen molar-refractivity contribution in [3.8, 4) is 0 Å². The number of allylic oxidation sites excluding steroid dienone is 1. The van der Waals surface area contributed by atoms with E-state index in [1.807, 2.05) is 6.08 Å². The second-order valence-electron chi connectivity index (χ2n) is 6.19. The molecule has 1 fully saturated rings. The number of aliphatic imine (C=N–C) groups is 1. The number of hydrogen-bond donors (Lipinski definition) is 1. The van der Waals surface area contributed by atoms with Crippen molar-refractivity contribution in [1.29, 1.82) is 0 Å². The third-order valence-corrected chi connectivity index (χ3v) is 4.71. The van der Waals surface area contributed by atoms with Crippen molar-refractivity contribution in [3.05, 3.63) is 12.2 Å². The molecule has 4 heteroatoms. The van der Waals surface area contributed by atoms with Gasteiger partial charge in [-0.05, 0) is 38.2 Å². The molecule has 3 unspecified atom stereocenters. The molecule has 0 aromatic carbocycles. The van der Waals surface area contributed by atoms with Gasteiger partial charge in [-0.3, -0.25) is 4.99 Å². The zero-order chi connectivity index (χ0) is 14.9. The molecular weight excluding hydrogens is 286 g/mol. The van der Waals surface area contributed by atoms with Gasteiger partial charge in [-0.15, -0.1) is 0 Å². The first-order valence-corrected chi connectivity index (χ1v) is 8.81. The smallest absolute Gasteiger partial charge is 0.123 e. The lowest BCUT2D eigenvalue weighted by Crippen LogP contribution is -2.33. The average molecular weight is 314 g/mol. The highest BCUT2D eigenvalue weighted by atomic mass is 35.5. The van der Waals surface area contributed by atoms with Crippen LogP contribution < -0.4 is 0 Å². The number of dihydropyridines is 1. The van der Waals surface area contributed by atoms with Gasteiger partial charge in [0.2, 0.25) is 0 Å². The van der Waals surface area contributed by atoms with E-state index in [9.17, 15) is 0 Å². The van der Waals surface area contributed by atoms with E-state index < -0.39 is 0 Å². The van der Waals surface area contributed by atoms with Gasteiger partial charge in [0.25, 0.3) is 0 Å². The number of aliphatic hydroxyl groups excluding tert-OH is 1. The van der Waals surface area contributed by atoms with E-state index in [0.717, 1.165) is 45.1 Å². The number of aliphatic hydroxyl groups is 1. The summed E-state index contributed by atoms with van der Waals surface area (Å²) in [6, 6.07) is 0.383. The molecule has 1 saturated carbocycles. The predicted octanol–water partition coefficient (Wildman–Crippen LogP) is 4.08. The van der Waals surface area contributed by atoms with E-state index in [1.54, 1.807) is 0 Å². The lowest BCUT2D eigenvalue weighted by Gasteiger charge is -2.34. The van der Waals surface area contributed by atoms with Crippen LogP contribution in [0.4, 0.5) is 0 Å². The molecule has 3 nitrogen and oxygen atoms in total. The van der Waals surface area contributed by atoms with Crippen molar-refractivity contribution in [2.45, 2.75) is 69.9 Å². The first kappa shape index (κ1) is 17.0. The quantitative estimate of drug-likeness (QED) is 0.652. The Bertz CT molecular complexity index is 357. The van der Waals surface area contributed by atoms with Crippen LogP contribution in [0.25, 0.3) is 0 Å². The summed E-state index contributed by atoms with van der Waals surface area (Å²) in [5.74, 6) is 0.518. The molecule has 120 valence electrons. The molecule has 21 heavy (non-hydrogen) atoms. The van der Waals surface area contributed by atoms with Gasteiger partial charge in [-0.1, -0.05) is 43.4 Å². The van der Waals surface area contributed by atoms with Crippen LogP contribution in [0.15, 0.2) is 17.1 Å². The summed E-state index contributed by atoms with van der Waals surface area (Å²) in [6.45, 7) is 1.21. The normalized spacial score (nSPS) is 28.3. The second kappa shape index (κ2) is 9.60. The fourth-order valence-corrected chi connectivity index (χ4v) is 3.44. The van der Waals surface area contributed by atoms with Crippen LogP contribution in [0, 0.1) is 5.92 Å². The maximum atomic E-state index is 8.71. The van der Waals surface area contributed by atoms with Crippen LogP contribution in [-0.2, 0) is 4.74 Å². The van der Waals surface area contributed by atoms with Gasteiger partial charge >= 0.3 is 0 Å². The highest BCUT2D eigenvalue weighted by molar-refractivity contribution is 6.68. The number of hydrogen-bond acceptors (Lipinski definition) is 3. The van der Waals surface area contributed by atoms with Crippen molar-refractivity contribution < 1.29 is 9.84 Å². The van der Waals surface area contributed by atoms with Crippen molar-refractivity contribution in [2.24, 2.45) is 10.9 Å². The van der Waals surface area contributed by atoms with E-state index in [2.05, 4.69) is 11.1 Å². The number of halogens is 1. The zero-order valence-electron chi connectivity index (χ0n) is 12.8. The number of rotatable bonds is 9. The minimum Gasteiger partial charge on any atom is -0.396 e. The molecule has 2 rings (SSSR count). The third kappa shape index (κ3) is 6.09. The third-order valence-electron chi connectivity index (χ3n) is 4.49. The predicted molar refractivity (Wildman–Crippen MR) is 88.1 cm³/mol. The second-order valence-corrected chi connectivity index (χ2v) is 6.58. The number of ether oxygens (including phenoxy) is 1. The van der Waals surface area contributed by atoms with Gasteiger partial charge in [0, 0.05) is 19.1 Å². The van der Waals surface area contributed by atoms with Crippen LogP contribution in [0.2, 0.25) is 0 Å². The van der Waals surface area contributed by atoms with Gasteiger partial charge < -0.3 is 9.84 Å². The Hall–Kier alpha value is -0.380. The van der Waals surface area contributed by atoms with Crippen molar-refractivity contribution in [3.63, 3.8) is 0 Å². The van der Waals surface area contributed by atoms with Gasteiger partial charge in [0.15, 0.2) is 0 Å². The Labute approximate surface area is 133 Å². The Kier molecular flexibility index (Phi) is 7.76. The summed E-state index contributed by atoms with van der Waals surface area (Å²) in [4.78, 5) is 4.51. The van der Waals surface area contributed by atoms with Crippen molar-refractivity contribution >= 4 is 16.8 Å². The molecule has 1 aliphatic carbocycles. The molecule has 0 saturated heterocycles. The molecule has 3 atom stereocenters. The summed E-state index contributed by atoms with van der Waals surface area (Å²) < 4.78 is 6.03. The minimum atomic E-state index is 0.330. The SMILES string of the molecule is OCCCCCCCCOC1CCC2N=C(Cl)C=CC2C1. The van der Waals surface area contributed by atoms with Gasteiger partial charge in [0.05, 0.1) is 12.1 Å². The Morgan fingerprint density at radius 1 is 1.14 bits per heavy atom. The molecule has 0 spiro atoms. The summed E-state index contributed by atoms with van der Waals surface area (Å²) in [5, 5.41) is 9.36. The highest BCUT2D eigenvalue weighted by Crippen LogP contribution is 2.32. The van der Waals surface area contributed by atoms with E-state index in [0.29, 0.717) is 29.8 Å². The number of unbranched alkanes of at least 4 members (excludes halogenated alkanes) is 5. The lowest BCUT2D eigenvalue weighted by molar-refractivity contribution is 0.0129. The van der Waals surface area contributed by atoms with E-state index in [1.165, 1.54) is 19.3 Å². The molecule has 1 aliphatic heterocycles. The molecule has 0 radical (unpaired) electrons. The van der Waals surface area contributed by atoms with Gasteiger partial charge in [0.1, 0.15) is 5.17 Å². The Morgan fingerprint density at radius 3 is 2.71 bits per heavy atom. The number of fused-ring (bicyclic) bond motifs is 1. The fraction of sp³-hybridized carbons (Fsp3) is 0.824. The van der Waals surface area contributed by atoms with E-state index >= 15 is 0 Å². The lowest BCUT2D eigenvalue weighted by atomic mass is 9.82. The topological polar surface area (TPSA) is 41.8 Å². The van der Waals surface area contributed by atoms with Crippen LogP contribution in [0.3, 0.4) is 0 Å². The molecule has 1 heterocycles. The van der Waals surface area contributed by atoms with Gasteiger partial charge in [-0.2, -0.15) is 0 Å². The number of nitrogens with zero attached hydrogens (tertiary/aromatic N) is 1. The van der Waals surface area contributed by atoms with Crippen LogP contribution in [-0.4, -0.2) is 35.6 Å². The monoisotopic (exact) mass is 313 g/mol. The molecule has 0 bridgehead atoms. The Morgan fingerprint density at radius 2 is 1.90 bits per heavy atom. The summed E-state index contributed by atoms with van der Waals surface area (Å²) >= 11 is 5.95. The molecule has 2 aliphatic rings. The van der Waals surface area contributed by atoms with Crippen LogP contribution in [0.1, 0.15) is 57.8 Å². The zero-order valence-corrected chi connectivity index (χ0v) is 13.6. The first-order chi connectivity index (χ1) is 10.3. The van der Waals surface area contributed by atoms with Crippen molar-refractivity contribution in [1.82, 2.24) is 0 Å². The maximum Gasteiger partial charge on any atom is 0.123 e. The van der Waals surface area contributed by atoms with E-state index in [-0.39, 0.29) is 0 Å². The van der Waals surface area contributed by atoms with Gasteiger partial charge in [-0.25, -0.2) is 0 Å². The summed E-state index contributed by atoms with van der Waals surface area (Å²) in [7, 11) is 0. The van der Waals surface area contributed by atoms with Crippen LogP contribution >= 0.6 is 11.6 Å². The standard InChI is InChI=1S/C17H28ClNO2/c18-17-10-7-14-13-15(8-9-16(14)19-17)21-12-6-4-2-1-3-5-11-20/h7,10,14-16,20H,1-6,8-9,11-13H2. The summed E-state index contributed by atoms with van der Waals surface area (Å²) in [5.41, 5.74) is 0. The molecule has 0 amide bonds. The maximum absolute atomic E-state index is 8.71. The molecule has 0 aromatic heterocycles. The first-order valence-electron chi connectivity index (χ1n) is 8.43. The largest absolute Gasteiger partial charge is 0.396 e. The molecule has 1 N–H and O–H groups in total. The fourth-order valence-electron chi connectivity index (χ4n) is 3.24. The average Bonchev–Trinajstić information content (AvgIpc) is 2.50. The molecule has 0 aromatic rings. The minimum absolute atomic E-state index is 0.330. The summed E-state index contributed by atoms with van der Waals surface area (Å²) in [6.07, 6.45) is 14.8.